The number of carbonyl (C=O) groups is 1. The molecule has 4 heteroatoms. The van der Waals surface area contributed by atoms with E-state index in [-0.39, 0.29) is 5.91 Å². The van der Waals surface area contributed by atoms with Crippen molar-refractivity contribution in [2.24, 2.45) is 0 Å². The molecule has 1 amide bonds. The molecule has 0 atom stereocenters. The Bertz CT molecular complexity index is 926. The molecule has 0 saturated carbocycles. The van der Waals surface area contributed by atoms with Crippen molar-refractivity contribution < 1.29 is 4.79 Å². The SMILES string of the molecule is Cc1ccc(/C=C/C(=O)N(C)Cc2cnn(-c3ccccc3)c2)c(C)c1. The third-order valence-corrected chi connectivity index (χ3v) is 4.28. The predicted octanol–water partition coefficient (Wildman–Crippen LogP) is 4.16. The van der Waals surface area contributed by atoms with Crippen molar-refractivity contribution in [3.8, 4) is 5.69 Å². The van der Waals surface area contributed by atoms with Crippen molar-refractivity contribution in [2.75, 3.05) is 7.05 Å². The van der Waals surface area contributed by atoms with Crippen molar-refractivity contribution in [1.29, 1.82) is 0 Å². The first kappa shape index (κ1) is 17.7. The topological polar surface area (TPSA) is 38.1 Å². The second-order valence-electron chi connectivity index (χ2n) is 6.52. The van der Waals surface area contributed by atoms with Crippen LogP contribution in [0.15, 0.2) is 67.0 Å². The summed E-state index contributed by atoms with van der Waals surface area (Å²) in [5.74, 6) is -0.0302. The summed E-state index contributed by atoms with van der Waals surface area (Å²) in [5.41, 5.74) is 5.45. The lowest BCUT2D eigenvalue weighted by molar-refractivity contribution is -0.125. The van der Waals surface area contributed by atoms with Crippen molar-refractivity contribution in [3.63, 3.8) is 0 Å². The summed E-state index contributed by atoms with van der Waals surface area (Å²) in [6.07, 6.45) is 7.25. The summed E-state index contributed by atoms with van der Waals surface area (Å²) < 4.78 is 1.82. The minimum Gasteiger partial charge on any atom is -0.338 e. The lowest BCUT2D eigenvalue weighted by Gasteiger charge is -2.13. The van der Waals surface area contributed by atoms with E-state index in [9.17, 15) is 4.79 Å². The summed E-state index contributed by atoms with van der Waals surface area (Å²) in [5, 5.41) is 4.37. The Morgan fingerprint density at radius 3 is 2.65 bits per heavy atom. The van der Waals surface area contributed by atoms with Crippen LogP contribution in [-0.4, -0.2) is 27.6 Å². The molecule has 0 fully saturated rings. The zero-order valence-corrected chi connectivity index (χ0v) is 15.4. The van der Waals surface area contributed by atoms with Crippen LogP contribution in [0, 0.1) is 13.8 Å². The molecular formula is C22H23N3O. The number of likely N-dealkylation sites (N-methyl/N-ethyl adjacent to an activating group) is 1. The fourth-order valence-corrected chi connectivity index (χ4v) is 2.82. The first-order valence-corrected chi connectivity index (χ1v) is 8.62. The first-order valence-electron chi connectivity index (χ1n) is 8.62. The minimum atomic E-state index is -0.0302. The monoisotopic (exact) mass is 345 g/mol. The van der Waals surface area contributed by atoms with Crippen LogP contribution in [0.2, 0.25) is 0 Å². The summed E-state index contributed by atoms with van der Waals surface area (Å²) in [6, 6.07) is 16.1. The molecule has 0 radical (unpaired) electrons. The number of nitrogens with zero attached hydrogens (tertiary/aromatic N) is 3. The van der Waals surface area contributed by atoms with Crippen LogP contribution in [0.5, 0.6) is 0 Å². The molecule has 1 aromatic heterocycles. The molecule has 0 saturated heterocycles. The van der Waals surface area contributed by atoms with Gasteiger partial charge in [0.1, 0.15) is 0 Å². The fourth-order valence-electron chi connectivity index (χ4n) is 2.82. The Balaban J connectivity index is 1.64. The van der Waals surface area contributed by atoms with E-state index in [0.717, 1.165) is 16.8 Å². The summed E-state index contributed by atoms with van der Waals surface area (Å²) in [7, 11) is 1.80. The Morgan fingerprint density at radius 1 is 1.15 bits per heavy atom. The number of benzene rings is 2. The highest BCUT2D eigenvalue weighted by molar-refractivity contribution is 5.91. The van der Waals surface area contributed by atoms with Crippen molar-refractivity contribution in [1.82, 2.24) is 14.7 Å². The molecular weight excluding hydrogens is 322 g/mol. The van der Waals surface area contributed by atoms with Gasteiger partial charge in [-0.15, -0.1) is 0 Å². The molecule has 0 aliphatic carbocycles. The van der Waals surface area contributed by atoms with Crippen molar-refractivity contribution in [2.45, 2.75) is 20.4 Å². The van der Waals surface area contributed by atoms with Crippen LogP contribution in [0.1, 0.15) is 22.3 Å². The van der Waals surface area contributed by atoms with E-state index < -0.39 is 0 Å². The smallest absolute Gasteiger partial charge is 0.246 e. The van der Waals surface area contributed by atoms with Gasteiger partial charge in [0.25, 0.3) is 0 Å². The molecule has 0 bridgehead atoms. The van der Waals surface area contributed by atoms with E-state index >= 15 is 0 Å². The first-order chi connectivity index (χ1) is 12.5. The van der Waals surface area contributed by atoms with Gasteiger partial charge in [0.2, 0.25) is 5.91 Å². The third kappa shape index (κ3) is 4.28. The van der Waals surface area contributed by atoms with Crippen LogP contribution in [0.4, 0.5) is 0 Å². The van der Waals surface area contributed by atoms with Crippen LogP contribution in [0.25, 0.3) is 11.8 Å². The summed E-state index contributed by atoms with van der Waals surface area (Å²) in [6.45, 7) is 4.64. The number of para-hydroxylation sites is 1. The van der Waals surface area contributed by atoms with Crippen molar-refractivity contribution in [3.05, 3.63) is 89.3 Å². The number of aryl methyl sites for hydroxylation is 2. The van der Waals surface area contributed by atoms with E-state index in [4.69, 9.17) is 0 Å². The Labute approximate surface area is 154 Å². The molecule has 0 N–H and O–H groups in total. The molecule has 0 spiro atoms. The summed E-state index contributed by atoms with van der Waals surface area (Å²) >= 11 is 0. The fraction of sp³-hybridized carbons (Fsp3) is 0.182. The zero-order valence-electron chi connectivity index (χ0n) is 15.4. The maximum atomic E-state index is 12.4. The Kier molecular flexibility index (Phi) is 5.32. The highest BCUT2D eigenvalue weighted by Crippen LogP contribution is 2.13. The second kappa shape index (κ2) is 7.83. The second-order valence-corrected chi connectivity index (χ2v) is 6.52. The van der Waals surface area contributed by atoms with Crippen molar-refractivity contribution >= 4 is 12.0 Å². The van der Waals surface area contributed by atoms with Gasteiger partial charge in [-0.05, 0) is 43.2 Å². The third-order valence-electron chi connectivity index (χ3n) is 4.28. The van der Waals surface area contributed by atoms with E-state index in [2.05, 4.69) is 31.1 Å². The lowest BCUT2D eigenvalue weighted by Crippen LogP contribution is -2.23. The van der Waals surface area contributed by atoms with Gasteiger partial charge in [0.05, 0.1) is 11.9 Å². The maximum Gasteiger partial charge on any atom is 0.246 e. The summed E-state index contributed by atoms with van der Waals surface area (Å²) in [4.78, 5) is 14.1. The molecule has 26 heavy (non-hydrogen) atoms. The maximum absolute atomic E-state index is 12.4. The van der Waals surface area contributed by atoms with Gasteiger partial charge in [-0.3, -0.25) is 4.79 Å². The van der Waals surface area contributed by atoms with Gasteiger partial charge in [0.15, 0.2) is 0 Å². The van der Waals surface area contributed by atoms with Gasteiger partial charge in [-0.25, -0.2) is 4.68 Å². The minimum absolute atomic E-state index is 0.0302. The highest BCUT2D eigenvalue weighted by atomic mass is 16.2. The Hall–Kier alpha value is -3.14. The van der Waals surface area contributed by atoms with Gasteiger partial charge < -0.3 is 4.90 Å². The van der Waals surface area contributed by atoms with Gasteiger partial charge >= 0.3 is 0 Å². The number of rotatable bonds is 5. The van der Waals surface area contributed by atoms with Crippen LogP contribution < -0.4 is 0 Å². The number of aromatic nitrogens is 2. The molecule has 0 unspecified atom stereocenters. The van der Waals surface area contributed by atoms with E-state index in [1.54, 1.807) is 24.2 Å². The molecule has 3 rings (SSSR count). The molecule has 0 aliphatic rings. The largest absolute Gasteiger partial charge is 0.338 e. The average molecular weight is 345 g/mol. The number of amides is 1. The molecule has 4 nitrogen and oxygen atoms in total. The van der Waals surface area contributed by atoms with E-state index in [1.807, 2.05) is 53.4 Å². The standard InChI is InChI=1S/C22H23N3O/c1-17-9-10-20(18(2)13-17)11-12-22(26)24(3)15-19-14-23-25(16-19)21-7-5-4-6-8-21/h4-14,16H,15H2,1-3H3/b12-11+. The number of hydrogen-bond donors (Lipinski definition) is 0. The van der Waals surface area contributed by atoms with Gasteiger partial charge in [-0.2, -0.15) is 5.10 Å². The number of hydrogen-bond acceptors (Lipinski definition) is 2. The molecule has 1 heterocycles. The molecule has 3 aromatic rings. The lowest BCUT2D eigenvalue weighted by atomic mass is 10.1. The average Bonchev–Trinajstić information content (AvgIpc) is 3.10. The molecule has 132 valence electrons. The van der Waals surface area contributed by atoms with E-state index in [1.165, 1.54) is 11.1 Å². The predicted molar refractivity (Wildman–Crippen MR) is 105 cm³/mol. The molecule has 2 aromatic carbocycles. The van der Waals surface area contributed by atoms with Crippen LogP contribution in [0.3, 0.4) is 0 Å². The van der Waals surface area contributed by atoms with Gasteiger partial charge in [0, 0.05) is 31.4 Å². The van der Waals surface area contributed by atoms with E-state index in [0.29, 0.717) is 6.54 Å². The highest BCUT2D eigenvalue weighted by Gasteiger charge is 2.08. The normalized spacial score (nSPS) is 11.0. The number of carbonyl (C=O) groups excluding carboxylic acids is 1. The molecule has 0 aliphatic heterocycles. The van der Waals surface area contributed by atoms with Crippen LogP contribution in [-0.2, 0) is 11.3 Å². The van der Waals surface area contributed by atoms with Crippen LogP contribution >= 0.6 is 0 Å². The Morgan fingerprint density at radius 2 is 1.92 bits per heavy atom. The van der Waals surface area contributed by atoms with Gasteiger partial charge in [-0.1, -0.05) is 42.0 Å². The zero-order chi connectivity index (χ0) is 18.5. The quantitative estimate of drug-likeness (QED) is 0.651.